The van der Waals surface area contributed by atoms with Gasteiger partial charge >= 0.3 is 0 Å². The lowest BCUT2D eigenvalue weighted by Gasteiger charge is -2.40. The normalized spacial score (nSPS) is 42.5. The lowest BCUT2D eigenvalue weighted by Crippen LogP contribution is -2.52. The largest absolute Gasteiger partial charge is 0.389 e. The van der Waals surface area contributed by atoms with Crippen LogP contribution in [-0.2, 0) is 4.74 Å². The van der Waals surface area contributed by atoms with Crippen molar-refractivity contribution in [2.24, 2.45) is 11.7 Å². The molecule has 2 fully saturated rings. The van der Waals surface area contributed by atoms with Crippen molar-refractivity contribution in [2.45, 2.75) is 70.3 Å². The Bertz CT molecular complexity index is 339. The molecule has 2 heterocycles. The summed E-state index contributed by atoms with van der Waals surface area (Å²) in [7, 11) is 0. The van der Waals surface area contributed by atoms with Gasteiger partial charge in [-0.3, -0.25) is 0 Å². The van der Waals surface area contributed by atoms with E-state index in [-0.39, 0.29) is 17.2 Å². The van der Waals surface area contributed by atoms with E-state index in [2.05, 4.69) is 32.6 Å². The van der Waals surface area contributed by atoms with Gasteiger partial charge in [0.15, 0.2) is 0 Å². The maximum Gasteiger partial charge on any atom is 0.0788 e. The van der Waals surface area contributed by atoms with Gasteiger partial charge in [-0.1, -0.05) is 0 Å². The van der Waals surface area contributed by atoms with Gasteiger partial charge in [-0.05, 0) is 54.0 Å². The smallest absolute Gasteiger partial charge is 0.0788 e. The number of ether oxygens (including phenoxy) is 1. The van der Waals surface area contributed by atoms with Crippen molar-refractivity contribution in [3.8, 4) is 0 Å². The molecule has 0 bridgehead atoms. The lowest BCUT2D eigenvalue weighted by atomic mass is 9.82. The van der Waals surface area contributed by atoms with Crippen LogP contribution in [0, 0.1) is 5.92 Å². The Morgan fingerprint density at radius 2 is 1.84 bits per heavy atom. The Kier molecular flexibility index (Phi) is 3.76. The topological polar surface area (TPSA) is 58.7 Å². The molecule has 19 heavy (non-hydrogen) atoms. The predicted octanol–water partition coefficient (Wildman–Crippen LogP) is 1.36. The summed E-state index contributed by atoms with van der Waals surface area (Å²) < 4.78 is 6.14. The van der Waals surface area contributed by atoms with Crippen LogP contribution >= 0.6 is 0 Å². The molecule has 0 aromatic heterocycles. The van der Waals surface area contributed by atoms with Crippen LogP contribution in [0.1, 0.15) is 47.5 Å². The molecular formula is C15H30N2O2. The molecule has 0 aromatic rings. The van der Waals surface area contributed by atoms with Gasteiger partial charge in [-0.2, -0.15) is 0 Å². The molecule has 0 amide bonds. The van der Waals surface area contributed by atoms with Crippen molar-refractivity contribution in [3.05, 3.63) is 0 Å². The van der Waals surface area contributed by atoms with Crippen molar-refractivity contribution < 1.29 is 9.84 Å². The molecule has 4 heteroatoms. The van der Waals surface area contributed by atoms with Crippen LogP contribution in [0.5, 0.6) is 0 Å². The molecule has 0 aromatic carbocycles. The molecule has 0 radical (unpaired) electrons. The second kappa shape index (κ2) is 4.69. The summed E-state index contributed by atoms with van der Waals surface area (Å²) in [6.45, 7) is 13.1. The van der Waals surface area contributed by atoms with Gasteiger partial charge in [0, 0.05) is 25.0 Å². The van der Waals surface area contributed by atoms with E-state index in [0.717, 1.165) is 32.5 Å². The Hall–Kier alpha value is -0.160. The number of nitrogens with zero attached hydrogens (tertiary/aromatic N) is 1. The molecule has 0 spiro atoms. The minimum atomic E-state index is -0.554. The molecule has 3 atom stereocenters. The SMILES string of the molecule is CC1(O)CCCN(CC2C(N)C(C)(C)OC2(C)C)C1. The van der Waals surface area contributed by atoms with E-state index in [0.29, 0.717) is 5.92 Å². The molecule has 4 nitrogen and oxygen atoms in total. The molecule has 0 aliphatic carbocycles. The molecule has 2 aliphatic rings. The Morgan fingerprint density at radius 3 is 2.32 bits per heavy atom. The number of rotatable bonds is 2. The third kappa shape index (κ3) is 3.13. The predicted molar refractivity (Wildman–Crippen MR) is 77.0 cm³/mol. The lowest BCUT2D eigenvalue weighted by molar-refractivity contribution is -0.0822. The third-order valence-electron chi connectivity index (χ3n) is 4.86. The number of likely N-dealkylation sites (tertiary alicyclic amines) is 1. The molecule has 2 saturated heterocycles. The summed E-state index contributed by atoms with van der Waals surface area (Å²) in [4.78, 5) is 2.35. The van der Waals surface area contributed by atoms with E-state index in [1.54, 1.807) is 0 Å². The van der Waals surface area contributed by atoms with Gasteiger partial charge in [-0.15, -0.1) is 0 Å². The number of hydrogen-bond donors (Lipinski definition) is 2. The van der Waals surface area contributed by atoms with Gasteiger partial charge in [-0.25, -0.2) is 0 Å². The van der Waals surface area contributed by atoms with Crippen LogP contribution in [0.3, 0.4) is 0 Å². The van der Waals surface area contributed by atoms with Gasteiger partial charge in [0.25, 0.3) is 0 Å². The molecule has 112 valence electrons. The zero-order valence-electron chi connectivity index (χ0n) is 13.1. The van der Waals surface area contributed by atoms with Crippen LogP contribution in [0.4, 0.5) is 0 Å². The average Bonchev–Trinajstić information content (AvgIpc) is 2.35. The summed E-state index contributed by atoms with van der Waals surface area (Å²) in [5.41, 5.74) is 5.38. The summed E-state index contributed by atoms with van der Waals surface area (Å²) in [5.74, 6) is 0.302. The van der Waals surface area contributed by atoms with E-state index in [1.807, 2.05) is 6.92 Å². The monoisotopic (exact) mass is 270 g/mol. The fourth-order valence-corrected chi connectivity index (χ4v) is 3.83. The first-order chi connectivity index (χ1) is 8.54. The molecule has 2 rings (SSSR count). The summed E-state index contributed by atoms with van der Waals surface area (Å²) in [6.07, 6.45) is 1.95. The van der Waals surface area contributed by atoms with Crippen LogP contribution in [0.2, 0.25) is 0 Å². The molecule has 3 N–H and O–H groups in total. The number of piperidine rings is 1. The van der Waals surface area contributed by atoms with Gasteiger partial charge in [0.05, 0.1) is 16.8 Å². The summed E-state index contributed by atoms with van der Waals surface area (Å²) in [5, 5.41) is 10.2. The van der Waals surface area contributed by atoms with Gasteiger partial charge in [0.1, 0.15) is 0 Å². The second-order valence-corrected chi connectivity index (χ2v) is 7.78. The Morgan fingerprint density at radius 1 is 1.21 bits per heavy atom. The highest BCUT2D eigenvalue weighted by molar-refractivity contribution is 5.05. The quantitative estimate of drug-likeness (QED) is 0.795. The first-order valence-corrected chi connectivity index (χ1v) is 7.44. The maximum absolute atomic E-state index is 10.2. The van der Waals surface area contributed by atoms with Crippen LogP contribution in [-0.4, -0.2) is 52.5 Å². The van der Waals surface area contributed by atoms with Crippen molar-refractivity contribution in [2.75, 3.05) is 19.6 Å². The van der Waals surface area contributed by atoms with Crippen LogP contribution < -0.4 is 5.73 Å². The van der Waals surface area contributed by atoms with Crippen molar-refractivity contribution in [1.29, 1.82) is 0 Å². The number of nitrogens with two attached hydrogens (primary N) is 1. The highest BCUT2D eigenvalue weighted by Crippen LogP contribution is 2.41. The van der Waals surface area contributed by atoms with Crippen molar-refractivity contribution in [1.82, 2.24) is 4.90 Å². The van der Waals surface area contributed by atoms with E-state index in [1.165, 1.54) is 0 Å². The highest BCUT2D eigenvalue weighted by atomic mass is 16.5. The van der Waals surface area contributed by atoms with Gasteiger partial charge < -0.3 is 20.5 Å². The van der Waals surface area contributed by atoms with E-state index < -0.39 is 5.60 Å². The van der Waals surface area contributed by atoms with Crippen LogP contribution in [0.15, 0.2) is 0 Å². The van der Waals surface area contributed by atoms with Gasteiger partial charge in [0.2, 0.25) is 0 Å². The van der Waals surface area contributed by atoms with E-state index >= 15 is 0 Å². The summed E-state index contributed by atoms with van der Waals surface area (Å²) >= 11 is 0. The van der Waals surface area contributed by atoms with Crippen molar-refractivity contribution >= 4 is 0 Å². The molecular weight excluding hydrogens is 240 g/mol. The number of hydrogen-bond acceptors (Lipinski definition) is 4. The first kappa shape index (κ1) is 15.2. The minimum Gasteiger partial charge on any atom is -0.389 e. The maximum atomic E-state index is 10.2. The average molecular weight is 270 g/mol. The molecule has 0 saturated carbocycles. The fraction of sp³-hybridized carbons (Fsp3) is 1.00. The zero-order chi connectivity index (χ0) is 14.5. The summed E-state index contributed by atoms with van der Waals surface area (Å²) in [6, 6.07) is 0.0365. The highest BCUT2D eigenvalue weighted by Gasteiger charge is 2.52. The third-order valence-corrected chi connectivity index (χ3v) is 4.86. The minimum absolute atomic E-state index is 0.0365. The van der Waals surface area contributed by atoms with E-state index in [4.69, 9.17) is 10.5 Å². The number of β-amino-alcohol motifs (C(OH)–C–C–N with tert-alkyl or cyclic N) is 1. The molecule has 3 unspecified atom stereocenters. The van der Waals surface area contributed by atoms with Crippen LogP contribution in [0.25, 0.3) is 0 Å². The Labute approximate surface area is 117 Å². The second-order valence-electron chi connectivity index (χ2n) is 7.78. The number of aliphatic hydroxyl groups is 1. The first-order valence-electron chi connectivity index (χ1n) is 7.44. The standard InChI is InChI=1S/C15H30N2O2/c1-13(2)11(12(16)14(3,4)19-13)9-17-8-6-7-15(5,18)10-17/h11-12,18H,6-10,16H2,1-5H3. The molecule has 2 aliphatic heterocycles. The Balaban J connectivity index is 2.06. The zero-order valence-corrected chi connectivity index (χ0v) is 13.1. The van der Waals surface area contributed by atoms with E-state index in [9.17, 15) is 5.11 Å². The van der Waals surface area contributed by atoms with Crippen molar-refractivity contribution in [3.63, 3.8) is 0 Å². The fourth-order valence-electron chi connectivity index (χ4n) is 3.83.